The van der Waals surface area contributed by atoms with Crippen molar-refractivity contribution in [3.05, 3.63) is 12.2 Å². The van der Waals surface area contributed by atoms with Crippen LogP contribution in [0.4, 0.5) is 0 Å². The Morgan fingerprint density at radius 2 is 2.06 bits per heavy atom. The first-order valence-electron chi connectivity index (χ1n) is 6.43. The van der Waals surface area contributed by atoms with Crippen molar-refractivity contribution >= 4 is 5.91 Å². The summed E-state index contributed by atoms with van der Waals surface area (Å²) in [5.74, 6) is 0.200. The summed E-state index contributed by atoms with van der Waals surface area (Å²) in [6.45, 7) is 4.69. The first kappa shape index (κ1) is 11.6. The topological polar surface area (TPSA) is 32.3 Å². The maximum absolute atomic E-state index is 12.1. The quantitative estimate of drug-likeness (QED) is 0.685. The number of allylic oxidation sites excluding steroid dienone is 1. The molecule has 0 unspecified atom stereocenters. The number of nitrogens with one attached hydrogen (secondary N) is 1. The number of nitrogens with zero attached hydrogens (tertiary/aromatic N) is 1. The Morgan fingerprint density at radius 1 is 1.31 bits per heavy atom. The molecule has 1 aliphatic heterocycles. The number of hydrogen-bond donors (Lipinski definition) is 1. The van der Waals surface area contributed by atoms with Crippen LogP contribution in [0.2, 0.25) is 0 Å². The van der Waals surface area contributed by atoms with Crippen LogP contribution >= 0.6 is 0 Å². The maximum atomic E-state index is 12.1. The van der Waals surface area contributed by atoms with Crippen LogP contribution in [-0.4, -0.2) is 36.0 Å². The average molecular weight is 222 g/mol. The smallest absolute Gasteiger partial charge is 0.246 e. The highest BCUT2D eigenvalue weighted by molar-refractivity contribution is 5.88. The Bertz CT molecular complexity index is 271. The van der Waals surface area contributed by atoms with Crippen LogP contribution in [0.5, 0.6) is 0 Å². The molecule has 0 atom stereocenters. The van der Waals surface area contributed by atoms with Gasteiger partial charge in [0, 0.05) is 19.6 Å². The SMILES string of the molecule is CC=CC(=O)N1CCNCC12CCCCC2. The van der Waals surface area contributed by atoms with Crippen LogP contribution in [0.25, 0.3) is 0 Å². The fourth-order valence-corrected chi connectivity index (χ4v) is 3.08. The normalized spacial score (nSPS) is 25.2. The van der Waals surface area contributed by atoms with Gasteiger partial charge in [0.25, 0.3) is 0 Å². The second-order valence-corrected chi connectivity index (χ2v) is 4.95. The second-order valence-electron chi connectivity index (χ2n) is 4.95. The molecule has 1 saturated heterocycles. The molecule has 2 aliphatic rings. The van der Waals surface area contributed by atoms with Crippen LogP contribution in [-0.2, 0) is 4.79 Å². The van der Waals surface area contributed by atoms with Crippen LogP contribution < -0.4 is 5.32 Å². The lowest BCUT2D eigenvalue weighted by Gasteiger charge is -2.49. The minimum absolute atomic E-state index is 0.118. The van der Waals surface area contributed by atoms with Gasteiger partial charge in [-0.15, -0.1) is 0 Å². The van der Waals surface area contributed by atoms with Crippen molar-refractivity contribution in [2.45, 2.75) is 44.6 Å². The summed E-state index contributed by atoms with van der Waals surface area (Å²) < 4.78 is 0. The Kier molecular flexibility index (Phi) is 3.64. The molecule has 3 nitrogen and oxygen atoms in total. The molecule has 1 N–H and O–H groups in total. The molecule has 3 heteroatoms. The monoisotopic (exact) mass is 222 g/mol. The lowest BCUT2D eigenvalue weighted by atomic mass is 9.79. The fourth-order valence-electron chi connectivity index (χ4n) is 3.08. The Hall–Kier alpha value is -0.830. The highest BCUT2D eigenvalue weighted by Gasteiger charge is 2.41. The van der Waals surface area contributed by atoms with Crippen LogP contribution in [0, 0.1) is 0 Å². The summed E-state index contributed by atoms with van der Waals surface area (Å²) in [5.41, 5.74) is 0.118. The summed E-state index contributed by atoms with van der Waals surface area (Å²) in [7, 11) is 0. The Balaban J connectivity index is 2.15. The van der Waals surface area contributed by atoms with Gasteiger partial charge in [0.2, 0.25) is 5.91 Å². The molecule has 1 aliphatic carbocycles. The van der Waals surface area contributed by atoms with Crippen molar-refractivity contribution in [3.8, 4) is 0 Å². The largest absolute Gasteiger partial charge is 0.331 e. The van der Waals surface area contributed by atoms with E-state index in [1.54, 1.807) is 6.08 Å². The summed E-state index contributed by atoms with van der Waals surface area (Å²) in [5, 5.41) is 3.45. The van der Waals surface area contributed by atoms with Gasteiger partial charge in [-0.1, -0.05) is 25.3 Å². The summed E-state index contributed by atoms with van der Waals surface area (Å²) >= 11 is 0. The molecule has 1 heterocycles. The number of piperazine rings is 1. The predicted octanol–water partition coefficient (Wildman–Crippen LogP) is 1.70. The maximum Gasteiger partial charge on any atom is 0.246 e. The van der Waals surface area contributed by atoms with Gasteiger partial charge in [0.05, 0.1) is 5.54 Å². The molecule has 0 aromatic heterocycles. The Morgan fingerprint density at radius 3 is 2.75 bits per heavy atom. The highest BCUT2D eigenvalue weighted by Crippen LogP contribution is 2.34. The summed E-state index contributed by atoms with van der Waals surface area (Å²) in [6.07, 6.45) is 9.76. The first-order chi connectivity index (χ1) is 7.78. The molecular weight excluding hydrogens is 200 g/mol. The van der Waals surface area contributed by atoms with E-state index in [1.165, 1.54) is 32.1 Å². The molecule has 90 valence electrons. The molecule has 1 amide bonds. The third-order valence-corrected chi connectivity index (χ3v) is 3.90. The van der Waals surface area contributed by atoms with Crippen molar-refractivity contribution in [3.63, 3.8) is 0 Å². The number of amides is 1. The van der Waals surface area contributed by atoms with E-state index in [2.05, 4.69) is 10.2 Å². The van der Waals surface area contributed by atoms with Crippen molar-refractivity contribution < 1.29 is 4.79 Å². The lowest BCUT2D eigenvalue weighted by molar-refractivity contribution is -0.135. The number of carbonyl (C=O) groups excluding carboxylic acids is 1. The second kappa shape index (κ2) is 5.00. The molecule has 0 radical (unpaired) electrons. The predicted molar refractivity (Wildman–Crippen MR) is 65.2 cm³/mol. The van der Waals surface area contributed by atoms with Gasteiger partial charge in [0.15, 0.2) is 0 Å². The van der Waals surface area contributed by atoms with Crippen LogP contribution in [0.1, 0.15) is 39.0 Å². The van der Waals surface area contributed by atoms with Gasteiger partial charge in [-0.05, 0) is 25.8 Å². The molecule has 1 spiro atoms. The third-order valence-electron chi connectivity index (χ3n) is 3.90. The number of rotatable bonds is 1. The van der Waals surface area contributed by atoms with Gasteiger partial charge >= 0.3 is 0 Å². The van der Waals surface area contributed by atoms with E-state index in [4.69, 9.17) is 0 Å². The molecule has 0 aromatic rings. The van der Waals surface area contributed by atoms with E-state index in [1.807, 2.05) is 13.0 Å². The minimum atomic E-state index is 0.118. The van der Waals surface area contributed by atoms with Gasteiger partial charge in [-0.2, -0.15) is 0 Å². The molecule has 2 rings (SSSR count). The summed E-state index contributed by atoms with van der Waals surface area (Å²) in [6, 6.07) is 0. The molecule has 2 fully saturated rings. The van der Waals surface area contributed by atoms with Crippen LogP contribution in [0.15, 0.2) is 12.2 Å². The lowest BCUT2D eigenvalue weighted by Crippen LogP contribution is -2.63. The highest BCUT2D eigenvalue weighted by atomic mass is 16.2. The molecule has 16 heavy (non-hydrogen) atoms. The van der Waals surface area contributed by atoms with Gasteiger partial charge < -0.3 is 10.2 Å². The molecule has 1 saturated carbocycles. The first-order valence-corrected chi connectivity index (χ1v) is 6.43. The fraction of sp³-hybridized carbons (Fsp3) is 0.769. The van der Waals surface area contributed by atoms with Crippen molar-refractivity contribution in [1.82, 2.24) is 10.2 Å². The number of hydrogen-bond acceptors (Lipinski definition) is 2. The van der Waals surface area contributed by atoms with Gasteiger partial charge in [-0.25, -0.2) is 0 Å². The van der Waals surface area contributed by atoms with Crippen molar-refractivity contribution in [2.75, 3.05) is 19.6 Å². The average Bonchev–Trinajstić information content (AvgIpc) is 2.31. The molecular formula is C13H22N2O. The zero-order chi connectivity index (χ0) is 11.4. The van der Waals surface area contributed by atoms with Crippen LogP contribution in [0.3, 0.4) is 0 Å². The van der Waals surface area contributed by atoms with E-state index in [0.29, 0.717) is 0 Å². The van der Waals surface area contributed by atoms with Crippen molar-refractivity contribution in [2.24, 2.45) is 0 Å². The van der Waals surface area contributed by atoms with E-state index >= 15 is 0 Å². The van der Waals surface area contributed by atoms with Crippen molar-refractivity contribution in [1.29, 1.82) is 0 Å². The van der Waals surface area contributed by atoms with E-state index in [0.717, 1.165) is 19.6 Å². The van der Waals surface area contributed by atoms with Gasteiger partial charge in [-0.3, -0.25) is 4.79 Å². The zero-order valence-corrected chi connectivity index (χ0v) is 10.2. The minimum Gasteiger partial charge on any atom is -0.331 e. The van der Waals surface area contributed by atoms with E-state index in [-0.39, 0.29) is 11.4 Å². The molecule has 0 aromatic carbocycles. The number of carbonyl (C=O) groups is 1. The van der Waals surface area contributed by atoms with E-state index < -0.39 is 0 Å². The zero-order valence-electron chi connectivity index (χ0n) is 10.2. The summed E-state index contributed by atoms with van der Waals surface area (Å²) in [4.78, 5) is 14.2. The van der Waals surface area contributed by atoms with E-state index in [9.17, 15) is 4.79 Å². The Labute approximate surface area is 97.9 Å². The van der Waals surface area contributed by atoms with Gasteiger partial charge in [0.1, 0.15) is 0 Å². The third kappa shape index (κ3) is 2.14. The molecule has 0 bridgehead atoms. The standard InChI is InChI=1S/C13H22N2O/c1-2-6-12(16)15-10-9-14-11-13(15)7-4-3-5-8-13/h2,6,14H,3-5,7-11H2,1H3.